The number of hydrogen-bond donors (Lipinski definition) is 0. The van der Waals surface area contributed by atoms with E-state index < -0.39 is 9.04 Å². The first-order chi connectivity index (χ1) is 8.89. The molecule has 0 bridgehead atoms. The minimum absolute atomic E-state index is 0.0373. The fourth-order valence-corrected chi connectivity index (χ4v) is 2.42. The molecule has 4 nitrogen and oxygen atoms in total. The highest BCUT2D eigenvalue weighted by atomic mass is 28.3. The smallest absolute Gasteiger partial charge is 0.231 e. The highest BCUT2D eigenvalue weighted by Gasteiger charge is 2.28. The third-order valence-electron chi connectivity index (χ3n) is 3.01. The van der Waals surface area contributed by atoms with Crippen LogP contribution in [0.15, 0.2) is 18.2 Å². The molecule has 0 fully saturated rings. The first kappa shape index (κ1) is 14.2. The van der Waals surface area contributed by atoms with E-state index in [2.05, 4.69) is 44.8 Å². The van der Waals surface area contributed by atoms with Gasteiger partial charge in [-0.1, -0.05) is 6.07 Å². The van der Waals surface area contributed by atoms with Gasteiger partial charge in [0.1, 0.15) is 6.73 Å². The van der Waals surface area contributed by atoms with Crippen molar-refractivity contribution in [2.24, 2.45) is 0 Å². The maximum absolute atomic E-state index is 5.91. The maximum atomic E-state index is 5.91. The summed E-state index contributed by atoms with van der Waals surface area (Å²) in [5, 5.41) is 0. The number of rotatable bonds is 4. The van der Waals surface area contributed by atoms with E-state index in [1.807, 2.05) is 12.1 Å². The molecule has 1 aliphatic heterocycles. The molecule has 19 heavy (non-hydrogen) atoms. The van der Waals surface area contributed by atoms with Crippen LogP contribution in [0, 0.1) is 0 Å². The summed E-state index contributed by atoms with van der Waals surface area (Å²) < 4.78 is 17.0. The van der Waals surface area contributed by atoms with Crippen molar-refractivity contribution < 1.29 is 13.9 Å². The number of para-hydroxylation sites is 1. The standard InChI is InChI=1S/C14H23NO3Si/c1-14(2,3)15(9-18-19(4)5)11-7-6-8-12-13(11)17-10-16-12/h6-8,19H,9-10H2,1-5H3. The van der Waals surface area contributed by atoms with Crippen LogP contribution in [0.25, 0.3) is 0 Å². The SMILES string of the molecule is C[SiH](C)OCN(c1cccc2c1OCO2)C(C)(C)C. The number of fused-ring (bicyclic) bond motifs is 1. The molecule has 0 aromatic heterocycles. The highest BCUT2D eigenvalue weighted by Crippen LogP contribution is 2.42. The Morgan fingerprint density at radius 3 is 2.63 bits per heavy atom. The fourth-order valence-electron chi connectivity index (χ4n) is 1.98. The second-order valence-corrected chi connectivity index (χ2v) is 8.39. The van der Waals surface area contributed by atoms with E-state index >= 15 is 0 Å². The van der Waals surface area contributed by atoms with Gasteiger partial charge < -0.3 is 18.8 Å². The van der Waals surface area contributed by atoms with Crippen molar-refractivity contribution in [3.05, 3.63) is 18.2 Å². The van der Waals surface area contributed by atoms with Crippen LogP contribution in [0.1, 0.15) is 20.8 Å². The molecule has 0 saturated carbocycles. The maximum Gasteiger partial charge on any atom is 0.231 e. The average Bonchev–Trinajstić information content (AvgIpc) is 2.75. The van der Waals surface area contributed by atoms with Gasteiger partial charge in [-0.3, -0.25) is 0 Å². The molecule has 0 amide bonds. The van der Waals surface area contributed by atoms with Crippen molar-refractivity contribution in [2.75, 3.05) is 18.4 Å². The summed E-state index contributed by atoms with van der Waals surface area (Å²) in [5.74, 6) is 1.64. The van der Waals surface area contributed by atoms with Gasteiger partial charge in [-0.05, 0) is 46.0 Å². The van der Waals surface area contributed by atoms with Crippen LogP contribution >= 0.6 is 0 Å². The van der Waals surface area contributed by atoms with E-state index in [4.69, 9.17) is 13.9 Å². The number of hydrogen-bond acceptors (Lipinski definition) is 4. The van der Waals surface area contributed by atoms with Crippen LogP contribution in [0.4, 0.5) is 5.69 Å². The first-order valence-corrected chi connectivity index (χ1v) is 9.45. The Kier molecular flexibility index (Phi) is 4.06. The highest BCUT2D eigenvalue weighted by molar-refractivity contribution is 6.48. The molecule has 0 saturated heterocycles. The van der Waals surface area contributed by atoms with E-state index in [0.29, 0.717) is 13.5 Å². The summed E-state index contributed by atoms with van der Waals surface area (Å²) in [4.78, 5) is 2.23. The Labute approximate surface area is 117 Å². The van der Waals surface area contributed by atoms with Gasteiger partial charge in [-0.15, -0.1) is 0 Å². The summed E-state index contributed by atoms with van der Waals surface area (Å²) in [5.41, 5.74) is 1.00. The van der Waals surface area contributed by atoms with Crippen LogP contribution in [0.3, 0.4) is 0 Å². The summed E-state index contributed by atoms with van der Waals surface area (Å²) in [6, 6.07) is 5.99. The quantitative estimate of drug-likeness (QED) is 0.627. The molecular weight excluding hydrogens is 258 g/mol. The summed E-state index contributed by atoms with van der Waals surface area (Å²) in [6.07, 6.45) is 0. The van der Waals surface area contributed by atoms with E-state index in [1.165, 1.54) is 0 Å². The molecule has 0 atom stereocenters. The van der Waals surface area contributed by atoms with E-state index in [-0.39, 0.29) is 5.54 Å². The number of ether oxygens (including phenoxy) is 2. The van der Waals surface area contributed by atoms with Gasteiger partial charge in [0.05, 0.1) is 5.69 Å². The zero-order valence-electron chi connectivity index (χ0n) is 12.4. The van der Waals surface area contributed by atoms with Crippen molar-refractivity contribution in [1.29, 1.82) is 0 Å². The predicted octanol–water partition coefficient (Wildman–Crippen LogP) is 2.98. The minimum atomic E-state index is -1.06. The Morgan fingerprint density at radius 1 is 1.26 bits per heavy atom. The van der Waals surface area contributed by atoms with Gasteiger partial charge in [0, 0.05) is 5.54 Å². The Balaban J connectivity index is 2.31. The molecular formula is C14H23NO3Si. The number of nitrogens with zero attached hydrogens (tertiary/aromatic N) is 1. The molecule has 5 heteroatoms. The summed E-state index contributed by atoms with van der Waals surface area (Å²) in [6.45, 7) is 11.8. The molecule has 0 N–H and O–H groups in total. The Hall–Kier alpha value is -1.20. The normalized spacial score (nSPS) is 14.0. The van der Waals surface area contributed by atoms with Crippen molar-refractivity contribution in [1.82, 2.24) is 0 Å². The van der Waals surface area contributed by atoms with Crippen molar-refractivity contribution in [2.45, 2.75) is 39.4 Å². The molecule has 0 spiro atoms. The zero-order valence-corrected chi connectivity index (χ0v) is 13.6. The molecule has 106 valence electrons. The fraction of sp³-hybridized carbons (Fsp3) is 0.571. The second-order valence-electron chi connectivity index (χ2n) is 5.95. The van der Waals surface area contributed by atoms with Gasteiger partial charge in [0.25, 0.3) is 0 Å². The van der Waals surface area contributed by atoms with Crippen LogP contribution in [0.2, 0.25) is 13.1 Å². The van der Waals surface area contributed by atoms with Crippen molar-refractivity contribution in [3.8, 4) is 11.5 Å². The second kappa shape index (κ2) is 5.42. The first-order valence-electron chi connectivity index (χ1n) is 6.67. The molecule has 1 aromatic carbocycles. The van der Waals surface area contributed by atoms with Crippen LogP contribution in [-0.2, 0) is 4.43 Å². The summed E-state index contributed by atoms with van der Waals surface area (Å²) >= 11 is 0. The molecule has 1 aromatic rings. The molecule has 1 aliphatic rings. The third-order valence-corrected chi connectivity index (χ3v) is 3.83. The zero-order chi connectivity index (χ0) is 14.0. The van der Waals surface area contributed by atoms with Gasteiger partial charge >= 0.3 is 0 Å². The molecule has 0 aliphatic carbocycles. The van der Waals surface area contributed by atoms with Crippen LogP contribution in [0.5, 0.6) is 11.5 Å². The topological polar surface area (TPSA) is 30.9 Å². The van der Waals surface area contributed by atoms with Crippen LogP contribution in [-0.4, -0.2) is 28.1 Å². The van der Waals surface area contributed by atoms with Gasteiger partial charge in [-0.2, -0.15) is 0 Å². The Bertz CT molecular complexity index is 443. The van der Waals surface area contributed by atoms with E-state index in [9.17, 15) is 0 Å². The van der Waals surface area contributed by atoms with Crippen LogP contribution < -0.4 is 14.4 Å². The van der Waals surface area contributed by atoms with E-state index in [0.717, 1.165) is 17.2 Å². The number of anilines is 1. The average molecular weight is 281 g/mol. The third kappa shape index (κ3) is 3.22. The van der Waals surface area contributed by atoms with E-state index in [1.54, 1.807) is 0 Å². The molecule has 1 heterocycles. The van der Waals surface area contributed by atoms with Gasteiger partial charge in [0.15, 0.2) is 20.5 Å². The lowest BCUT2D eigenvalue weighted by molar-refractivity contribution is 0.173. The van der Waals surface area contributed by atoms with Gasteiger partial charge in [0.2, 0.25) is 6.79 Å². The molecule has 2 rings (SSSR count). The lowest BCUT2D eigenvalue weighted by Gasteiger charge is -2.38. The van der Waals surface area contributed by atoms with Crippen molar-refractivity contribution >= 4 is 14.7 Å². The predicted molar refractivity (Wildman–Crippen MR) is 79.6 cm³/mol. The largest absolute Gasteiger partial charge is 0.454 e. The minimum Gasteiger partial charge on any atom is -0.454 e. The van der Waals surface area contributed by atoms with Crippen molar-refractivity contribution in [3.63, 3.8) is 0 Å². The Morgan fingerprint density at radius 2 is 2.00 bits per heavy atom. The monoisotopic (exact) mass is 281 g/mol. The lowest BCUT2D eigenvalue weighted by atomic mass is 10.1. The molecule has 0 unspecified atom stereocenters. The summed E-state index contributed by atoms with van der Waals surface area (Å²) in [7, 11) is -1.06. The number of benzene rings is 1. The van der Waals surface area contributed by atoms with Gasteiger partial charge in [-0.25, -0.2) is 0 Å². The lowest BCUT2D eigenvalue weighted by Crippen LogP contribution is -2.44. The molecule has 0 radical (unpaired) electrons.